The molecule has 1 amide bonds. The summed E-state index contributed by atoms with van der Waals surface area (Å²) in [6.45, 7) is 7.50. The Morgan fingerprint density at radius 2 is 1.96 bits per heavy atom. The average molecular weight is 415 g/mol. The number of hydrogen-bond donors (Lipinski definition) is 1. The SMILES string of the molecule is CC1(C(=O)N2CCN(Cc3ccc(Cl)s3)CC2)CCCCN1.Cl.Cl. The number of hydrogen-bond acceptors (Lipinski definition) is 4. The van der Waals surface area contributed by atoms with Crippen molar-refractivity contribution in [3.63, 3.8) is 0 Å². The number of rotatable bonds is 3. The Morgan fingerprint density at radius 1 is 1.25 bits per heavy atom. The van der Waals surface area contributed by atoms with Crippen molar-refractivity contribution < 1.29 is 4.79 Å². The third-order valence-electron chi connectivity index (χ3n) is 4.76. The van der Waals surface area contributed by atoms with E-state index in [-0.39, 0.29) is 36.3 Å². The van der Waals surface area contributed by atoms with E-state index in [2.05, 4.69) is 23.2 Å². The van der Waals surface area contributed by atoms with E-state index in [4.69, 9.17) is 11.6 Å². The molecule has 2 fully saturated rings. The highest BCUT2D eigenvalue weighted by Crippen LogP contribution is 2.24. The van der Waals surface area contributed by atoms with Gasteiger partial charge in [0.15, 0.2) is 0 Å². The minimum Gasteiger partial charge on any atom is -0.339 e. The van der Waals surface area contributed by atoms with Crippen LogP contribution in [0.2, 0.25) is 4.34 Å². The monoisotopic (exact) mass is 413 g/mol. The van der Waals surface area contributed by atoms with Gasteiger partial charge in [0, 0.05) is 37.6 Å². The van der Waals surface area contributed by atoms with Crippen LogP contribution in [0.25, 0.3) is 0 Å². The molecule has 2 aliphatic heterocycles. The van der Waals surface area contributed by atoms with Gasteiger partial charge in [-0.1, -0.05) is 11.6 Å². The van der Waals surface area contributed by atoms with Crippen LogP contribution in [0.3, 0.4) is 0 Å². The van der Waals surface area contributed by atoms with Gasteiger partial charge in [-0.15, -0.1) is 36.2 Å². The van der Waals surface area contributed by atoms with E-state index >= 15 is 0 Å². The van der Waals surface area contributed by atoms with E-state index < -0.39 is 0 Å². The quantitative estimate of drug-likeness (QED) is 0.823. The predicted octanol–water partition coefficient (Wildman–Crippen LogP) is 3.42. The first-order valence-electron chi connectivity index (χ1n) is 8.08. The largest absolute Gasteiger partial charge is 0.339 e. The summed E-state index contributed by atoms with van der Waals surface area (Å²) in [5.74, 6) is 0.283. The number of carbonyl (C=O) groups excluding carboxylic acids is 1. The number of thiophene rings is 1. The van der Waals surface area contributed by atoms with Gasteiger partial charge in [-0.05, 0) is 44.9 Å². The van der Waals surface area contributed by atoms with Crippen LogP contribution in [0.1, 0.15) is 31.1 Å². The fraction of sp³-hybridized carbons (Fsp3) is 0.688. The van der Waals surface area contributed by atoms with Gasteiger partial charge in [0.25, 0.3) is 0 Å². The lowest BCUT2D eigenvalue weighted by molar-refractivity contribution is -0.140. The summed E-state index contributed by atoms with van der Waals surface area (Å²) in [5, 5.41) is 3.43. The number of piperidine rings is 1. The van der Waals surface area contributed by atoms with Crippen LogP contribution >= 0.6 is 47.8 Å². The highest BCUT2D eigenvalue weighted by atomic mass is 35.5. The van der Waals surface area contributed by atoms with E-state index in [0.717, 1.165) is 56.4 Å². The second kappa shape index (κ2) is 9.60. The fourth-order valence-corrected chi connectivity index (χ4v) is 4.48. The second-order valence-corrected chi connectivity index (χ2v) is 8.29. The molecule has 1 atom stereocenters. The molecule has 1 aromatic rings. The Labute approximate surface area is 165 Å². The maximum Gasteiger partial charge on any atom is 0.242 e. The first-order valence-corrected chi connectivity index (χ1v) is 9.27. The van der Waals surface area contributed by atoms with Gasteiger partial charge in [0.1, 0.15) is 0 Å². The van der Waals surface area contributed by atoms with E-state index in [1.165, 1.54) is 11.3 Å². The zero-order valence-corrected chi connectivity index (χ0v) is 17.1. The molecule has 0 saturated carbocycles. The lowest BCUT2D eigenvalue weighted by Gasteiger charge is -2.41. The van der Waals surface area contributed by atoms with Gasteiger partial charge >= 0.3 is 0 Å². The Balaban J connectivity index is 0.00000144. The third kappa shape index (κ3) is 5.23. The van der Waals surface area contributed by atoms with Crippen LogP contribution in [-0.2, 0) is 11.3 Å². The van der Waals surface area contributed by atoms with Gasteiger partial charge in [0.05, 0.1) is 9.88 Å². The van der Waals surface area contributed by atoms with Crippen molar-refractivity contribution in [2.24, 2.45) is 0 Å². The van der Waals surface area contributed by atoms with Crippen molar-refractivity contribution in [1.29, 1.82) is 0 Å². The molecule has 8 heteroatoms. The van der Waals surface area contributed by atoms with Crippen molar-refractivity contribution in [2.75, 3.05) is 32.7 Å². The molecular formula is C16H26Cl3N3OS. The molecule has 138 valence electrons. The summed E-state index contributed by atoms with van der Waals surface area (Å²) in [4.78, 5) is 18.5. The molecule has 1 N–H and O–H groups in total. The van der Waals surface area contributed by atoms with Crippen molar-refractivity contribution in [3.05, 3.63) is 21.3 Å². The summed E-state index contributed by atoms with van der Waals surface area (Å²) < 4.78 is 0.847. The van der Waals surface area contributed by atoms with Crippen LogP contribution in [-0.4, -0.2) is 54.0 Å². The molecule has 0 radical (unpaired) electrons. The Hall–Kier alpha value is -0.0400. The van der Waals surface area contributed by atoms with Crippen molar-refractivity contribution >= 4 is 53.7 Å². The van der Waals surface area contributed by atoms with E-state index in [0.29, 0.717) is 0 Å². The third-order valence-corrected chi connectivity index (χ3v) is 5.97. The summed E-state index contributed by atoms with van der Waals surface area (Å²) in [6.07, 6.45) is 3.29. The highest BCUT2D eigenvalue weighted by Gasteiger charge is 2.38. The summed E-state index contributed by atoms with van der Waals surface area (Å²) in [6, 6.07) is 4.05. The van der Waals surface area contributed by atoms with E-state index in [9.17, 15) is 4.79 Å². The molecule has 0 aromatic carbocycles. The van der Waals surface area contributed by atoms with Gasteiger partial charge < -0.3 is 10.2 Å². The molecule has 3 rings (SSSR count). The molecular weight excluding hydrogens is 389 g/mol. The van der Waals surface area contributed by atoms with Crippen LogP contribution < -0.4 is 5.32 Å². The van der Waals surface area contributed by atoms with Gasteiger partial charge in [-0.2, -0.15) is 0 Å². The van der Waals surface area contributed by atoms with Gasteiger partial charge in [-0.3, -0.25) is 9.69 Å². The highest BCUT2D eigenvalue weighted by molar-refractivity contribution is 7.16. The zero-order chi connectivity index (χ0) is 15.6. The van der Waals surface area contributed by atoms with Crippen LogP contribution in [0.5, 0.6) is 0 Å². The molecule has 2 aliphatic rings. The number of amides is 1. The van der Waals surface area contributed by atoms with Crippen molar-refractivity contribution in [3.8, 4) is 0 Å². The molecule has 24 heavy (non-hydrogen) atoms. The smallest absolute Gasteiger partial charge is 0.242 e. The first-order chi connectivity index (χ1) is 10.6. The van der Waals surface area contributed by atoms with Crippen LogP contribution in [0, 0.1) is 0 Å². The Kier molecular flexibility index (Phi) is 8.80. The molecule has 0 spiro atoms. The topological polar surface area (TPSA) is 35.6 Å². The number of halogens is 3. The van der Waals surface area contributed by atoms with Crippen molar-refractivity contribution in [1.82, 2.24) is 15.1 Å². The van der Waals surface area contributed by atoms with E-state index in [1.807, 2.05) is 11.0 Å². The Morgan fingerprint density at radius 3 is 2.50 bits per heavy atom. The standard InChI is InChI=1S/C16H24ClN3OS.2ClH/c1-16(6-2-3-7-18-16)15(21)20-10-8-19(9-11-20)12-13-4-5-14(17)22-13;;/h4-5,18H,2-3,6-12H2,1H3;2*1H. The number of piperazine rings is 1. The lowest BCUT2D eigenvalue weighted by Crippen LogP contribution is -2.61. The molecule has 0 aliphatic carbocycles. The minimum absolute atomic E-state index is 0. The van der Waals surface area contributed by atoms with Crippen LogP contribution in [0.4, 0.5) is 0 Å². The summed E-state index contributed by atoms with van der Waals surface area (Å²) in [7, 11) is 0. The molecule has 2 saturated heterocycles. The van der Waals surface area contributed by atoms with E-state index in [1.54, 1.807) is 11.3 Å². The molecule has 4 nitrogen and oxygen atoms in total. The van der Waals surface area contributed by atoms with Crippen molar-refractivity contribution in [2.45, 2.75) is 38.3 Å². The van der Waals surface area contributed by atoms with Gasteiger partial charge in [0.2, 0.25) is 5.91 Å². The normalized spacial score (nSPS) is 24.8. The maximum atomic E-state index is 12.8. The molecule has 3 heterocycles. The maximum absolute atomic E-state index is 12.8. The average Bonchev–Trinajstić information content (AvgIpc) is 2.93. The second-order valence-electron chi connectivity index (χ2n) is 6.49. The summed E-state index contributed by atoms with van der Waals surface area (Å²) in [5.41, 5.74) is -0.346. The predicted molar refractivity (Wildman–Crippen MR) is 106 cm³/mol. The lowest BCUT2D eigenvalue weighted by atomic mass is 9.89. The molecule has 1 unspecified atom stereocenters. The summed E-state index contributed by atoms with van der Waals surface area (Å²) >= 11 is 7.63. The number of carbonyl (C=O) groups is 1. The van der Waals surface area contributed by atoms with Gasteiger partial charge in [-0.25, -0.2) is 0 Å². The molecule has 0 bridgehead atoms. The number of nitrogens with zero attached hydrogens (tertiary/aromatic N) is 2. The first kappa shape index (κ1) is 22.0. The van der Waals surface area contributed by atoms with Crippen LogP contribution in [0.15, 0.2) is 12.1 Å². The number of nitrogens with one attached hydrogen (secondary N) is 1. The fourth-order valence-electron chi connectivity index (χ4n) is 3.35. The zero-order valence-electron chi connectivity index (χ0n) is 13.9. The Bertz CT molecular complexity index is 526. The molecule has 1 aromatic heterocycles. The minimum atomic E-state index is -0.346.